The van der Waals surface area contributed by atoms with Gasteiger partial charge >= 0.3 is 11.4 Å². The molecule has 2 aliphatic heterocycles. The van der Waals surface area contributed by atoms with E-state index in [1.165, 1.54) is 24.5 Å². The number of pyridine rings is 4. The Morgan fingerprint density at radius 2 is 1.18 bits per heavy atom. The quantitative estimate of drug-likeness (QED) is 0.108. The lowest BCUT2D eigenvalue weighted by Gasteiger charge is -2.24. The summed E-state index contributed by atoms with van der Waals surface area (Å²) in [5, 5.41) is 52.5. The Labute approximate surface area is 299 Å². The summed E-state index contributed by atoms with van der Waals surface area (Å²) in [5.41, 5.74) is 0.475. The van der Waals surface area contributed by atoms with Crippen molar-refractivity contribution < 1.29 is 19.3 Å². The Balaban J connectivity index is 0.000000198. The van der Waals surface area contributed by atoms with Crippen molar-refractivity contribution in [1.82, 2.24) is 19.9 Å². The molecule has 0 unspecified atom stereocenters. The van der Waals surface area contributed by atoms with Crippen molar-refractivity contribution in [2.24, 2.45) is 0 Å². The second-order valence-electron chi connectivity index (χ2n) is 11.2. The van der Waals surface area contributed by atoms with Crippen molar-refractivity contribution in [3.63, 3.8) is 0 Å². The van der Waals surface area contributed by atoms with Crippen LogP contribution in [0.4, 0.5) is 46.3 Å². The maximum atomic E-state index is 11.4. The van der Waals surface area contributed by atoms with Gasteiger partial charge in [0.05, 0.1) is 25.4 Å². The fourth-order valence-corrected chi connectivity index (χ4v) is 5.40. The minimum atomic E-state index is -0.512. The number of anilines is 6. The van der Waals surface area contributed by atoms with Crippen LogP contribution in [0.25, 0.3) is 0 Å². The molecular formula is C32H31BrN12O6. The molecule has 2 saturated heterocycles. The lowest BCUT2D eigenvalue weighted by Crippen LogP contribution is -2.28. The second-order valence-corrected chi connectivity index (χ2v) is 12.0. The van der Waals surface area contributed by atoms with Crippen molar-refractivity contribution in [3.05, 3.63) is 90.7 Å². The molecule has 0 amide bonds. The van der Waals surface area contributed by atoms with Crippen molar-refractivity contribution in [3.8, 4) is 12.1 Å². The highest BCUT2D eigenvalue weighted by atomic mass is 79.9. The summed E-state index contributed by atoms with van der Waals surface area (Å²) in [6, 6.07) is 15.0. The van der Waals surface area contributed by atoms with E-state index in [0.717, 1.165) is 25.7 Å². The maximum absolute atomic E-state index is 11.4. The third-order valence-corrected chi connectivity index (χ3v) is 8.24. The topological polar surface area (TPSA) is 252 Å². The Kier molecular flexibility index (Phi) is 12.5. The zero-order chi connectivity index (χ0) is 36.2. The fraction of sp³-hybridized carbons (Fsp3) is 0.312. The molecule has 0 aromatic carbocycles. The molecule has 6 heterocycles. The van der Waals surface area contributed by atoms with Gasteiger partial charge in [-0.25, -0.2) is 19.9 Å². The predicted molar refractivity (Wildman–Crippen MR) is 189 cm³/mol. The molecule has 262 valence electrons. The van der Waals surface area contributed by atoms with E-state index >= 15 is 0 Å². The van der Waals surface area contributed by atoms with E-state index in [2.05, 4.69) is 57.1 Å². The molecule has 4 aromatic rings. The Morgan fingerprint density at radius 3 is 1.65 bits per heavy atom. The first-order chi connectivity index (χ1) is 24.7. The highest BCUT2D eigenvalue weighted by molar-refractivity contribution is 9.10. The largest absolute Gasteiger partial charge is 0.381 e. The number of hydrogen-bond acceptors (Lipinski definition) is 16. The van der Waals surface area contributed by atoms with Crippen LogP contribution in [-0.4, -0.2) is 68.3 Å². The molecule has 18 nitrogen and oxygen atoms in total. The summed E-state index contributed by atoms with van der Waals surface area (Å²) in [6.45, 7) is 2.71. The van der Waals surface area contributed by atoms with Gasteiger partial charge in [-0.1, -0.05) is 0 Å². The lowest BCUT2D eigenvalue weighted by atomic mass is 10.1. The summed E-state index contributed by atoms with van der Waals surface area (Å²) in [5.74, 6) is 1.97. The summed E-state index contributed by atoms with van der Waals surface area (Å²) >= 11 is 3.34. The molecule has 0 atom stereocenters. The maximum Gasteiger partial charge on any atom is 0.313 e. The zero-order valence-corrected chi connectivity index (χ0v) is 28.5. The normalized spacial score (nSPS) is 14.5. The summed E-state index contributed by atoms with van der Waals surface area (Å²) < 4.78 is 11.2. The first-order valence-electron chi connectivity index (χ1n) is 15.7. The first kappa shape index (κ1) is 36.3. The molecule has 2 fully saturated rings. The van der Waals surface area contributed by atoms with Gasteiger partial charge in [0, 0.05) is 63.0 Å². The minimum absolute atomic E-state index is 0.0740. The molecule has 2 aliphatic rings. The van der Waals surface area contributed by atoms with Crippen LogP contribution in [0.2, 0.25) is 0 Å². The number of rotatable bonds is 10. The molecule has 4 N–H and O–H groups in total. The van der Waals surface area contributed by atoms with Crippen LogP contribution >= 0.6 is 15.9 Å². The number of hydrogen-bond donors (Lipinski definition) is 4. The van der Waals surface area contributed by atoms with Crippen LogP contribution in [0.3, 0.4) is 0 Å². The van der Waals surface area contributed by atoms with Gasteiger partial charge in [-0.15, -0.1) is 0 Å². The van der Waals surface area contributed by atoms with Crippen LogP contribution in [-0.2, 0) is 9.47 Å². The molecule has 19 heteroatoms. The van der Waals surface area contributed by atoms with Crippen molar-refractivity contribution in [2.75, 3.05) is 47.7 Å². The molecular weight excluding hydrogens is 728 g/mol. The van der Waals surface area contributed by atoms with Crippen LogP contribution < -0.4 is 21.3 Å². The number of nitro groups is 2. The Bertz CT molecular complexity index is 1920. The van der Waals surface area contributed by atoms with Crippen LogP contribution in [0.1, 0.15) is 36.8 Å². The Morgan fingerprint density at radius 1 is 0.686 bits per heavy atom. The van der Waals surface area contributed by atoms with E-state index in [4.69, 9.17) is 20.0 Å². The van der Waals surface area contributed by atoms with Crippen LogP contribution in [0, 0.1) is 42.9 Å². The SMILES string of the molecule is N#Cc1ccc(Nc2nc(NC3CCOCC3)c(Br)cc2[N+](=O)[O-])nc1.N#Cc1ccc(Nc2nc(NC3CCOCC3)ccc2[N+](=O)[O-])nc1. The number of nitrogens with zero attached hydrogens (tertiary/aromatic N) is 8. The van der Waals surface area contributed by atoms with Crippen molar-refractivity contribution >= 4 is 62.2 Å². The zero-order valence-electron chi connectivity index (χ0n) is 26.9. The van der Waals surface area contributed by atoms with Crippen LogP contribution in [0.15, 0.2) is 59.3 Å². The predicted octanol–water partition coefficient (Wildman–Crippen LogP) is 5.94. The molecule has 0 saturated carbocycles. The van der Waals surface area contributed by atoms with E-state index < -0.39 is 9.85 Å². The molecule has 6 rings (SSSR count). The average molecular weight is 760 g/mol. The number of nitrogens with one attached hydrogen (secondary N) is 4. The molecule has 0 spiro atoms. The van der Waals surface area contributed by atoms with Gasteiger partial charge in [0.2, 0.25) is 11.6 Å². The molecule has 0 aliphatic carbocycles. The van der Waals surface area contributed by atoms with Crippen LogP contribution in [0.5, 0.6) is 0 Å². The fourth-order valence-electron chi connectivity index (χ4n) is 4.98. The second kappa shape index (κ2) is 17.6. The van der Waals surface area contributed by atoms with Gasteiger partial charge in [0.15, 0.2) is 0 Å². The van der Waals surface area contributed by atoms with Gasteiger partial charge in [-0.3, -0.25) is 20.2 Å². The van der Waals surface area contributed by atoms with Gasteiger partial charge in [-0.2, -0.15) is 10.5 Å². The summed E-state index contributed by atoms with van der Waals surface area (Å²) in [6.07, 6.45) is 6.17. The van der Waals surface area contributed by atoms with E-state index in [1.807, 2.05) is 12.1 Å². The number of ether oxygens (including phenoxy) is 2. The van der Waals surface area contributed by atoms with E-state index in [1.54, 1.807) is 30.3 Å². The number of halogens is 1. The first-order valence-corrected chi connectivity index (χ1v) is 16.5. The van der Waals surface area contributed by atoms with E-state index in [0.29, 0.717) is 65.3 Å². The summed E-state index contributed by atoms with van der Waals surface area (Å²) in [4.78, 5) is 38.4. The van der Waals surface area contributed by atoms with Gasteiger partial charge in [-0.05, 0) is 71.9 Å². The smallest absolute Gasteiger partial charge is 0.313 e. The average Bonchev–Trinajstić information content (AvgIpc) is 3.14. The van der Waals surface area contributed by atoms with Crippen molar-refractivity contribution in [2.45, 2.75) is 37.8 Å². The lowest BCUT2D eigenvalue weighted by molar-refractivity contribution is -0.384. The monoisotopic (exact) mass is 758 g/mol. The third kappa shape index (κ3) is 10.2. The van der Waals surface area contributed by atoms with E-state index in [-0.39, 0.29) is 35.1 Å². The standard InChI is InChI=1S/C16H15BrN6O3.C16H16N6O3/c17-12-7-13(23(24)25)16(21-14-2-1-10(8-18)9-19-14)22-15(12)20-11-3-5-26-6-4-11;17-9-11-1-3-14(18-10-11)20-16-13(22(23)24)2-4-15(21-16)19-12-5-7-25-8-6-12/h1-2,7,9,11H,3-6H2,(H2,19,20,21,22);1-4,10,12H,5-8H2,(H2,18,19,20,21). The third-order valence-electron chi connectivity index (χ3n) is 7.64. The molecule has 0 radical (unpaired) electrons. The molecule has 4 aromatic heterocycles. The summed E-state index contributed by atoms with van der Waals surface area (Å²) in [7, 11) is 0. The van der Waals surface area contributed by atoms with E-state index in [9.17, 15) is 20.2 Å². The van der Waals surface area contributed by atoms with Gasteiger partial charge in [0.25, 0.3) is 0 Å². The Hall–Kier alpha value is -6.02. The number of aromatic nitrogens is 4. The minimum Gasteiger partial charge on any atom is -0.381 e. The number of nitriles is 2. The van der Waals surface area contributed by atoms with Gasteiger partial charge < -0.3 is 30.7 Å². The molecule has 51 heavy (non-hydrogen) atoms. The van der Waals surface area contributed by atoms with Crippen molar-refractivity contribution in [1.29, 1.82) is 10.5 Å². The molecule has 0 bridgehead atoms. The highest BCUT2D eigenvalue weighted by Gasteiger charge is 2.23. The van der Waals surface area contributed by atoms with Gasteiger partial charge in [0.1, 0.15) is 35.4 Å². The highest BCUT2D eigenvalue weighted by Crippen LogP contribution is 2.34.